The highest BCUT2D eigenvalue weighted by atomic mass is 16.3. The number of hydrogen-bond donors (Lipinski definition) is 1. The Morgan fingerprint density at radius 3 is 2.75 bits per heavy atom. The standard InChI is InChI=1S/C10H12O.CH4/c1-3-4-9-7-8(2)5-6-10(9)11;/h3,5-7,11H,1,4H2,2H3;1H4. The Balaban J connectivity index is 0.00000121. The normalized spacial score (nSPS) is 8.75. The molecule has 1 aromatic carbocycles. The molecule has 0 aromatic heterocycles. The first-order chi connectivity index (χ1) is 5.24. The van der Waals surface area contributed by atoms with Crippen LogP contribution in [0.25, 0.3) is 0 Å². The van der Waals surface area contributed by atoms with Crippen LogP contribution in [0.15, 0.2) is 30.9 Å². The summed E-state index contributed by atoms with van der Waals surface area (Å²) in [5, 5.41) is 9.32. The average Bonchev–Trinajstić information content (AvgIpc) is 1.98. The van der Waals surface area contributed by atoms with Crippen molar-refractivity contribution in [1.29, 1.82) is 0 Å². The van der Waals surface area contributed by atoms with E-state index < -0.39 is 0 Å². The van der Waals surface area contributed by atoms with Gasteiger partial charge in [0, 0.05) is 0 Å². The number of phenols is 1. The highest BCUT2D eigenvalue weighted by Crippen LogP contribution is 2.18. The highest BCUT2D eigenvalue weighted by Gasteiger charge is 1.97. The Labute approximate surface area is 74.4 Å². The summed E-state index contributed by atoms with van der Waals surface area (Å²) >= 11 is 0. The molecular formula is C11H16O. The van der Waals surface area contributed by atoms with Crippen LogP contribution in [0.2, 0.25) is 0 Å². The monoisotopic (exact) mass is 164 g/mol. The molecule has 1 nitrogen and oxygen atoms in total. The van der Waals surface area contributed by atoms with Crippen LogP contribution in [0.5, 0.6) is 5.75 Å². The largest absolute Gasteiger partial charge is 0.508 e. The summed E-state index contributed by atoms with van der Waals surface area (Å²) in [7, 11) is 0. The van der Waals surface area contributed by atoms with Gasteiger partial charge in [0.05, 0.1) is 0 Å². The Morgan fingerprint density at radius 1 is 1.50 bits per heavy atom. The van der Waals surface area contributed by atoms with Gasteiger partial charge in [-0.2, -0.15) is 0 Å². The fourth-order valence-electron chi connectivity index (χ4n) is 1.03. The van der Waals surface area contributed by atoms with Crippen LogP contribution >= 0.6 is 0 Å². The van der Waals surface area contributed by atoms with Crippen molar-refractivity contribution < 1.29 is 5.11 Å². The third kappa shape index (κ3) is 2.42. The zero-order chi connectivity index (χ0) is 8.27. The van der Waals surface area contributed by atoms with Gasteiger partial charge in [-0.05, 0) is 25.0 Å². The summed E-state index contributed by atoms with van der Waals surface area (Å²) in [6.45, 7) is 5.62. The Bertz CT molecular complexity index is 264. The van der Waals surface area contributed by atoms with Crippen LogP contribution in [0.1, 0.15) is 18.6 Å². The van der Waals surface area contributed by atoms with Gasteiger partial charge in [0.1, 0.15) is 5.75 Å². The Hall–Kier alpha value is -1.24. The second-order valence-electron chi connectivity index (χ2n) is 2.62. The lowest BCUT2D eigenvalue weighted by molar-refractivity contribution is 0.469. The molecule has 0 amide bonds. The smallest absolute Gasteiger partial charge is 0.119 e. The lowest BCUT2D eigenvalue weighted by Gasteiger charge is -2.01. The number of hydrogen-bond acceptors (Lipinski definition) is 1. The molecule has 0 aliphatic carbocycles. The second kappa shape index (κ2) is 4.60. The molecular weight excluding hydrogens is 148 g/mol. The molecule has 12 heavy (non-hydrogen) atoms. The molecule has 0 fully saturated rings. The summed E-state index contributed by atoms with van der Waals surface area (Å²) in [6, 6.07) is 5.58. The predicted molar refractivity (Wildman–Crippen MR) is 53.5 cm³/mol. The van der Waals surface area contributed by atoms with E-state index in [0.717, 1.165) is 12.0 Å². The van der Waals surface area contributed by atoms with Crippen molar-refractivity contribution >= 4 is 0 Å². The van der Waals surface area contributed by atoms with Gasteiger partial charge in [0.2, 0.25) is 0 Å². The van der Waals surface area contributed by atoms with Crippen LogP contribution in [-0.2, 0) is 6.42 Å². The SMILES string of the molecule is C.C=CCc1cc(C)ccc1O. The molecule has 1 aromatic rings. The van der Waals surface area contributed by atoms with Crippen molar-refractivity contribution in [3.8, 4) is 5.75 Å². The first-order valence-electron chi connectivity index (χ1n) is 3.63. The molecule has 0 atom stereocenters. The van der Waals surface area contributed by atoms with E-state index in [-0.39, 0.29) is 7.43 Å². The topological polar surface area (TPSA) is 20.2 Å². The lowest BCUT2D eigenvalue weighted by Crippen LogP contribution is -1.83. The van der Waals surface area contributed by atoms with Crippen molar-refractivity contribution in [1.82, 2.24) is 0 Å². The van der Waals surface area contributed by atoms with Crippen molar-refractivity contribution in [2.75, 3.05) is 0 Å². The summed E-state index contributed by atoms with van der Waals surface area (Å²) < 4.78 is 0. The van der Waals surface area contributed by atoms with Crippen molar-refractivity contribution in [3.63, 3.8) is 0 Å². The zero-order valence-corrected chi connectivity index (χ0v) is 6.67. The minimum absolute atomic E-state index is 0. The maximum atomic E-state index is 9.32. The zero-order valence-electron chi connectivity index (χ0n) is 6.67. The third-order valence-electron chi connectivity index (χ3n) is 1.60. The molecule has 0 aliphatic rings. The molecule has 0 bridgehead atoms. The Morgan fingerprint density at radius 2 is 2.17 bits per heavy atom. The summed E-state index contributed by atoms with van der Waals surface area (Å²) in [5.74, 6) is 0.357. The number of rotatable bonds is 2. The lowest BCUT2D eigenvalue weighted by atomic mass is 10.1. The van der Waals surface area contributed by atoms with Gasteiger partial charge in [-0.3, -0.25) is 0 Å². The number of benzene rings is 1. The number of aryl methyl sites for hydroxylation is 1. The minimum atomic E-state index is 0. The van der Waals surface area contributed by atoms with E-state index in [1.54, 1.807) is 12.1 Å². The van der Waals surface area contributed by atoms with Crippen LogP contribution < -0.4 is 0 Å². The van der Waals surface area contributed by atoms with Crippen molar-refractivity contribution in [3.05, 3.63) is 42.0 Å². The number of aromatic hydroxyl groups is 1. The molecule has 0 radical (unpaired) electrons. The van der Waals surface area contributed by atoms with Gasteiger partial charge in [-0.25, -0.2) is 0 Å². The first kappa shape index (κ1) is 10.8. The third-order valence-corrected chi connectivity index (χ3v) is 1.60. The quantitative estimate of drug-likeness (QED) is 0.666. The maximum absolute atomic E-state index is 9.32. The molecule has 1 heteroatoms. The molecule has 0 aliphatic heterocycles. The van der Waals surface area contributed by atoms with Gasteiger partial charge in [0.25, 0.3) is 0 Å². The Kier molecular flexibility index (Phi) is 4.12. The van der Waals surface area contributed by atoms with E-state index in [0.29, 0.717) is 5.75 Å². The predicted octanol–water partition coefficient (Wildman–Crippen LogP) is 3.07. The van der Waals surface area contributed by atoms with E-state index in [1.807, 2.05) is 19.1 Å². The summed E-state index contributed by atoms with van der Waals surface area (Å²) in [5.41, 5.74) is 2.11. The van der Waals surface area contributed by atoms with Gasteiger partial charge in [-0.1, -0.05) is 31.2 Å². The molecule has 0 unspecified atom stereocenters. The molecule has 1 rings (SSSR count). The molecule has 66 valence electrons. The average molecular weight is 164 g/mol. The molecule has 0 saturated carbocycles. The molecule has 0 saturated heterocycles. The fraction of sp³-hybridized carbons (Fsp3) is 0.273. The van der Waals surface area contributed by atoms with Gasteiger partial charge in [0.15, 0.2) is 0 Å². The van der Waals surface area contributed by atoms with Gasteiger partial charge < -0.3 is 5.11 Å². The first-order valence-corrected chi connectivity index (χ1v) is 3.63. The van der Waals surface area contributed by atoms with Gasteiger partial charge >= 0.3 is 0 Å². The summed E-state index contributed by atoms with van der Waals surface area (Å²) in [6.07, 6.45) is 2.52. The number of phenolic OH excluding ortho intramolecular Hbond substituents is 1. The minimum Gasteiger partial charge on any atom is -0.508 e. The van der Waals surface area contributed by atoms with Crippen LogP contribution in [0, 0.1) is 6.92 Å². The van der Waals surface area contributed by atoms with Crippen LogP contribution in [0.3, 0.4) is 0 Å². The molecule has 1 N–H and O–H groups in total. The van der Waals surface area contributed by atoms with E-state index >= 15 is 0 Å². The molecule has 0 spiro atoms. The van der Waals surface area contributed by atoms with Gasteiger partial charge in [-0.15, -0.1) is 6.58 Å². The van der Waals surface area contributed by atoms with E-state index in [1.165, 1.54) is 5.56 Å². The van der Waals surface area contributed by atoms with E-state index in [9.17, 15) is 5.11 Å². The highest BCUT2D eigenvalue weighted by molar-refractivity contribution is 5.36. The summed E-state index contributed by atoms with van der Waals surface area (Å²) in [4.78, 5) is 0. The van der Waals surface area contributed by atoms with Crippen molar-refractivity contribution in [2.24, 2.45) is 0 Å². The van der Waals surface area contributed by atoms with Crippen molar-refractivity contribution in [2.45, 2.75) is 20.8 Å². The number of allylic oxidation sites excluding steroid dienone is 1. The fourth-order valence-corrected chi connectivity index (χ4v) is 1.03. The molecule has 0 heterocycles. The van der Waals surface area contributed by atoms with E-state index in [2.05, 4.69) is 6.58 Å². The van der Waals surface area contributed by atoms with Crippen LogP contribution in [-0.4, -0.2) is 5.11 Å². The van der Waals surface area contributed by atoms with E-state index in [4.69, 9.17) is 0 Å². The van der Waals surface area contributed by atoms with Crippen LogP contribution in [0.4, 0.5) is 0 Å². The second-order valence-corrected chi connectivity index (χ2v) is 2.62. The maximum Gasteiger partial charge on any atom is 0.119 e.